The molecular formula is C53H101NO5. The molecule has 0 rings (SSSR count). The highest BCUT2D eigenvalue weighted by atomic mass is 16.5. The predicted octanol–water partition coefficient (Wildman–Crippen LogP) is 15.5. The molecule has 0 saturated carbocycles. The van der Waals surface area contributed by atoms with Crippen molar-refractivity contribution in [2.24, 2.45) is 0 Å². The average molecular weight is 832 g/mol. The lowest BCUT2D eigenvalue weighted by molar-refractivity contribution is -0.151. The van der Waals surface area contributed by atoms with Gasteiger partial charge in [-0.05, 0) is 57.8 Å². The highest BCUT2D eigenvalue weighted by Crippen LogP contribution is 2.18. The van der Waals surface area contributed by atoms with Crippen molar-refractivity contribution in [2.75, 3.05) is 6.61 Å². The summed E-state index contributed by atoms with van der Waals surface area (Å²) in [4.78, 5) is 26.1. The molecule has 0 spiro atoms. The van der Waals surface area contributed by atoms with Gasteiger partial charge in [0.25, 0.3) is 0 Å². The van der Waals surface area contributed by atoms with Gasteiger partial charge in [-0.3, -0.25) is 9.59 Å². The molecule has 0 aromatic rings. The highest BCUT2D eigenvalue weighted by molar-refractivity contribution is 5.77. The molecule has 0 aliphatic rings. The van der Waals surface area contributed by atoms with Gasteiger partial charge in [-0.1, -0.05) is 231 Å². The Morgan fingerprint density at radius 2 is 0.864 bits per heavy atom. The van der Waals surface area contributed by atoms with Crippen molar-refractivity contribution in [3.05, 3.63) is 24.3 Å². The second-order valence-electron chi connectivity index (χ2n) is 17.9. The van der Waals surface area contributed by atoms with Crippen LogP contribution in [-0.4, -0.2) is 46.9 Å². The van der Waals surface area contributed by atoms with Crippen LogP contribution in [0.25, 0.3) is 0 Å². The predicted molar refractivity (Wildman–Crippen MR) is 255 cm³/mol. The number of carbonyl (C=O) groups excluding carboxylic acids is 2. The van der Waals surface area contributed by atoms with E-state index in [4.69, 9.17) is 4.74 Å². The fraction of sp³-hybridized carbons (Fsp3) is 0.887. The van der Waals surface area contributed by atoms with E-state index in [9.17, 15) is 19.8 Å². The van der Waals surface area contributed by atoms with Gasteiger partial charge in [0.05, 0.1) is 25.2 Å². The molecule has 3 unspecified atom stereocenters. The average Bonchev–Trinajstić information content (AvgIpc) is 3.23. The van der Waals surface area contributed by atoms with E-state index >= 15 is 0 Å². The lowest BCUT2D eigenvalue weighted by Crippen LogP contribution is -2.46. The van der Waals surface area contributed by atoms with Gasteiger partial charge in [-0.2, -0.15) is 0 Å². The van der Waals surface area contributed by atoms with Gasteiger partial charge in [-0.25, -0.2) is 0 Å². The van der Waals surface area contributed by atoms with Crippen molar-refractivity contribution in [2.45, 2.75) is 296 Å². The lowest BCUT2D eigenvalue weighted by atomic mass is 10.0. The maximum absolute atomic E-state index is 13.2. The van der Waals surface area contributed by atoms with Gasteiger partial charge >= 0.3 is 5.97 Å². The third-order valence-electron chi connectivity index (χ3n) is 12.0. The van der Waals surface area contributed by atoms with Crippen LogP contribution < -0.4 is 5.32 Å². The molecule has 0 aliphatic carbocycles. The number of carbonyl (C=O) groups is 2. The van der Waals surface area contributed by atoms with Gasteiger partial charge in [0.2, 0.25) is 5.91 Å². The second-order valence-corrected chi connectivity index (χ2v) is 17.9. The SMILES string of the molecule is CCCCC/C=C\C/C=C\CCCCCCCCCC(=O)OC(CCCCCCCCCCC)CC(=O)NC(CO)C(O)CCCCCCCCCCCCCCCC. The molecule has 3 atom stereocenters. The zero-order valence-corrected chi connectivity index (χ0v) is 39.7. The van der Waals surface area contributed by atoms with Crippen LogP contribution in [0.4, 0.5) is 0 Å². The van der Waals surface area contributed by atoms with E-state index < -0.39 is 18.2 Å². The van der Waals surface area contributed by atoms with Gasteiger partial charge < -0.3 is 20.3 Å². The molecule has 0 aliphatic heterocycles. The molecule has 0 fully saturated rings. The number of rotatable bonds is 47. The molecule has 0 aromatic carbocycles. The topological polar surface area (TPSA) is 95.9 Å². The number of nitrogens with one attached hydrogen (secondary N) is 1. The van der Waals surface area contributed by atoms with E-state index in [1.165, 1.54) is 173 Å². The Labute approximate surface area is 367 Å². The van der Waals surface area contributed by atoms with Crippen LogP contribution in [0.1, 0.15) is 278 Å². The first-order chi connectivity index (χ1) is 29.0. The number of amides is 1. The van der Waals surface area contributed by atoms with Gasteiger partial charge in [0, 0.05) is 6.42 Å². The van der Waals surface area contributed by atoms with E-state index in [2.05, 4.69) is 50.4 Å². The van der Waals surface area contributed by atoms with E-state index in [0.717, 1.165) is 57.8 Å². The van der Waals surface area contributed by atoms with Crippen LogP contribution in [0, 0.1) is 0 Å². The minimum atomic E-state index is -0.784. The Morgan fingerprint density at radius 3 is 1.32 bits per heavy atom. The summed E-state index contributed by atoms with van der Waals surface area (Å²) in [5.41, 5.74) is 0. The Morgan fingerprint density at radius 1 is 0.492 bits per heavy atom. The molecule has 0 saturated heterocycles. The molecule has 348 valence electrons. The number of esters is 1. The van der Waals surface area contributed by atoms with E-state index in [1.807, 2.05) is 0 Å². The molecule has 1 amide bonds. The molecule has 6 heteroatoms. The molecule has 6 nitrogen and oxygen atoms in total. The normalized spacial score (nSPS) is 13.4. The maximum Gasteiger partial charge on any atom is 0.306 e. The quantitative estimate of drug-likeness (QED) is 0.0322. The van der Waals surface area contributed by atoms with Crippen LogP contribution in [0.15, 0.2) is 24.3 Å². The molecule has 0 bridgehead atoms. The summed E-state index contributed by atoms with van der Waals surface area (Å²) in [5, 5.41) is 23.7. The fourth-order valence-corrected chi connectivity index (χ4v) is 8.05. The molecular weight excluding hydrogens is 731 g/mol. The minimum absolute atomic E-state index is 0.0791. The first kappa shape index (κ1) is 57.3. The second kappa shape index (κ2) is 47.4. The zero-order valence-electron chi connectivity index (χ0n) is 39.7. The van der Waals surface area contributed by atoms with Crippen molar-refractivity contribution in [1.29, 1.82) is 0 Å². The van der Waals surface area contributed by atoms with Gasteiger partial charge in [-0.15, -0.1) is 0 Å². The number of unbranched alkanes of at least 4 members (excludes halogenated alkanes) is 31. The van der Waals surface area contributed by atoms with E-state index in [0.29, 0.717) is 19.3 Å². The highest BCUT2D eigenvalue weighted by Gasteiger charge is 2.24. The van der Waals surface area contributed by atoms with Crippen molar-refractivity contribution in [3.8, 4) is 0 Å². The van der Waals surface area contributed by atoms with Crippen molar-refractivity contribution >= 4 is 11.9 Å². The smallest absolute Gasteiger partial charge is 0.306 e. The Balaban J connectivity index is 4.43. The number of aliphatic hydroxyl groups is 2. The van der Waals surface area contributed by atoms with Crippen molar-refractivity contribution in [3.63, 3.8) is 0 Å². The lowest BCUT2D eigenvalue weighted by Gasteiger charge is -2.24. The maximum atomic E-state index is 13.2. The summed E-state index contributed by atoms with van der Waals surface area (Å²) < 4.78 is 5.92. The Kier molecular flexibility index (Phi) is 46.1. The fourth-order valence-electron chi connectivity index (χ4n) is 8.05. The van der Waals surface area contributed by atoms with E-state index in [-0.39, 0.29) is 24.9 Å². The summed E-state index contributed by atoms with van der Waals surface area (Å²) in [6.45, 7) is 6.46. The molecule has 0 aromatic heterocycles. The number of aliphatic hydroxyl groups excluding tert-OH is 2. The molecule has 0 heterocycles. The zero-order chi connectivity index (χ0) is 43.1. The molecule has 0 radical (unpaired) electrons. The van der Waals surface area contributed by atoms with Crippen LogP contribution in [0.3, 0.4) is 0 Å². The first-order valence-corrected chi connectivity index (χ1v) is 26.1. The summed E-state index contributed by atoms with van der Waals surface area (Å²) in [6.07, 6.45) is 53.8. The van der Waals surface area contributed by atoms with Crippen LogP contribution in [0.2, 0.25) is 0 Å². The summed E-state index contributed by atoms with van der Waals surface area (Å²) in [5.74, 6) is -0.472. The number of allylic oxidation sites excluding steroid dienone is 4. The van der Waals surface area contributed by atoms with Gasteiger partial charge in [0.1, 0.15) is 6.10 Å². The van der Waals surface area contributed by atoms with Crippen LogP contribution in [0.5, 0.6) is 0 Å². The minimum Gasteiger partial charge on any atom is -0.462 e. The molecule has 3 N–H and O–H groups in total. The Hall–Kier alpha value is -1.66. The standard InChI is InChI=1S/C53H101NO5/c1-4-7-10-13-16-19-21-23-25-26-27-29-31-34-37-40-43-46-53(58)59-49(44-41-38-35-32-18-15-12-9-6-3)47-52(57)54-50(48-55)51(56)45-42-39-36-33-30-28-24-22-20-17-14-11-8-5-2/h16,19,23,25,49-51,55-56H,4-15,17-18,20-22,24,26-48H2,1-3H3,(H,54,57)/b19-16-,25-23-. The monoisotopic (exact) mass is 832 g/mol. The summed E-state index contributed by atoms with van der Waals surface area (Å²) >= 11 is 0. The third-order valence-corrected chi connectivity index (χ3v) is 12.0. The summed E-state index contributed by atoms with van der Waals surface area (Å²) in [6, 6.07) is -0.697. The number of hydrogen-bond donors (Lipinski definition) is 3. The van der Waals surface area contributed by atoms with E-state index in [1.54, 1.807) is 0 Å². The first-order valence-electron chi connectivity index (χ1n) is 26.1. The van der Waals surface area contributed by atoms with Crippen LogP contribution >= 0.6 is 0 Å². The largest absolute Gasteiger partial charge is 0.462 e. The number of hydrogen-bond acceptors (Lipinski definition) is 5. The number of ether oxygens (including phenoxy) is 1. The van der Waals surface area contributed by atoms with Crippen LogP contribution in [-0.2, 0) is 14.3 Å². The van der Waals surface area contributed by atoms with Gasteiger partial charge in [0.15, 0.2) is 0 Å². The molecule has 59 heavy (non-hydrogen) atoms. The van der Waals surface area contributed by atoms with Crippen molar-refractivity contribution < 1.29 is 24.5 Å². The Bertz CT molecular complexity index is 935. The van der Waals surface area contributed by atoms with Crippen molar-refractivity contribution in [1.82, 2.24) is 5.32 Å². The summed E-state index contributed by atoms with van der Waals surface area (Å²) in [7, 11) is 0. The third kappa shape index (κ3) is 42.8.